The maximum absolute atomic E-state index is 11.3. The minimum absolute atomic E-state index is 0.235. The van der Waals surface area contributed by atoms with Crippen molar-refractivity contribution in [3.05, 3.63) is 35.9 Å². The molecule has 1 aliphatic heterocycles. The molecule has 1 aromatic carbocycles. The Hall–Kier alpha value is -1.19. The molecule has 1 heterocycles. The van der Waals surface area contributed by atoms with Crippen LogP contribution in [0.2, 0.25) is 0 Å². The van der Waals surface area contributed by atoms with E-state index in [1.807, 2.05) is 23.1 Å². The van der Waals surface area contributed by atoms with Gasteiger partial charge < -0.3 is 5.11 Å². The molecule has 1 aliphatic rings. The van der Waals surface area contributed by atoms with Gasteiger partial charge in [0.15, 0.2) is 0 Å². The molecule has 0 bridgehead atoms. The molecule has 1 atom stereocenters. The van der Waals surface area contributed by atoms with E-state index >= 15 is 0 Å². The lowest BCUT2D eigenvalue weighted by molar-refractivity contribution is -0.129. The van der Waals surface area contributed by atoms with Crippen LogP contribution in [-0.2, 0) is 11.2 Å². The zero-order valence-electron chi connectivity index (χ0n) is 9.30. The minimum Gasteiger partial charge on any atom is -0.378 e. The minimum atomic E-state index is -0.443. The maximum atomic E-state index is 11.3. The second-order valence-corrected chi connectivity index (χ2v) is 4.26. The summed E-state index contributed by atoms with van der Waals surface area (Å²) in [6, 6.07) is 10.1. The predicted molar refractivity (Wildman–Crippen MR) is 62.0 cm³/mol. The van der Waals surface area contributed by atoms with Crippen LogP contribution < -0.4 is 0 Å². The quantitative estimate of drug-likeness (QED) is 0.830. The van der Waals surface area contributed by atoms with Crippen LogP contribution in [0.25, 0.3) is 0 Å². The molecule has 16 heavy (non-hydrogen) atoms. The Balaban J connectivity index is 1.87. The first-order valence-corrected chi connectivity index (χ1v) is 5.73. The smallest absolute Gasteiger partial charge is 0.147 e. The van der Waals surface area contributed by atoms with Crippen molar-refractivity contribution in [2.75, 3.05) is 13.1 Å². The van der Waals surface area contributed by atoms with Crippen LogP contribution in [0.3, 0.4) is 0 Å². The average Bonchev–Trinajstić information content (AvgIpc) is 2.32. The number of hydrogen-bond donors (Lipinski definition) is 1. The van der Waals surface area contributed by atoms with Gasteiger partial charge in [0.25, 0.3) is 0 Å². The number of benzene rings is 1. The summed E-state index contributed by atoms with van der Waals surface area (Å²) in [4.78, 5) is 13.1. The molecule has 1 aromatic rings. The summed E-state index contributed by atoms with van der Waals surface area (Å²) in [7, 11) is 0. The first-order valence-electron chi connectivity index (χ1n) is 5.73. The van der Waals surface area contributed by atoms with Gasteiger partial charge in [-0.25, -0.2) is 0 Å². The molecule has 1 fully saturated rings. The van der Waals surface area contributed by atoms with Gasteiger partial charge in [-0.1, -0.05) is 30.3 Å². The zero-order chi connectivity index (χ0) is 11.4. The molecule has 0 amide bonds. The van der Waals surface area contributed by atoms with Crippen LogP contribution in [0.15, 0.2) is 30.3 Å². The fraction of sp³-hybridized carbons (Fsp3) is 0.462. The number of aliphatic hydroxyl groups excluding tert-OH is 1. The molecular formula is C13H17NO2. The van der Waals surface area contributed by atoms with Crippen LogP contribution in [0.1, 0.15) is 18.4 Å². The van der Waals surface area contributed by atoms with Gasteiger partial charge in [-0.05, 0) is 18.4 Å². The van der Waals surface area contributed by atoms with Crippen molar-refractivity contribution < 1.29 is 9.90 Å². The number of ketones is 1. The van der Waals surface area contributed by atoms with Crippen LogP contribution in [0, 0.1) is 0 Å². The summed E-state index contributed by atoms with van der Waals surface area (Å²) >= 11 is 0. The van der Waals surface area contributed by atoms with Gasteiger partial charge in [0.1, 0.15) is 12.0 Å². The summed E-state index contributed by atoms with van der Waals surface area (Å²) < 4.78 is 0. The Labute approximate surface area is 95.7 Å². The topological polar surface area (TPSA) is 40.5 Å². The molecule has 0 radical (unpaired) electrons. The van der Waals surface area contributed by atoms with Gasteiger partial charge in [-0.2, -0.15) is 0 Å². The predicted octanol–water partition coefficient (Wildman–Crippen LogP) is 1.21. The number of hydrogen-bond acceptors (Lipinski definition) is 3. The lowest BCUT2D eigenvalue weighted by Gasteiger charge is -2.31. The van der Waals surface area contributed by atoms with Crippen molar-refractivity contribution in [2.24, 2.45) is 0 Å². The van der Waals surface area contributed by atoms with Crippen LogP contribution >= 0.6 is 0 Å². The second kappa shape index (κ2) is 5.23. The van der Waals surface area contributed by atoms with Crippen molar-refractivity contribution in [2.45, 2.75) is 25.5 Å². The molecule has 0 aliphatic carbocycles. The Kier molecular flexibility index (Phi) is 3.70. The SMILES string of the molecule is O=C1CCC(O)N(CCc2ccccc2)C1. The van der Waals surface area contributed by atoms with E-state index in [4.69, 9.17) is 0 Å². The fourth-order valence-corrected chi connectivity index (χ4v) is 2.03. The molecule has 3 nitrogen and oxygen atoms in total. The van der Waals surface area contributed by atoms with Crippen molar-refractivity contribution in [1.82, 2.24) is 4.90 Å². The third-order valence-electron chi connectivity index (χ3n) is 3.01. The number of nitrogens with zero attached hydrogens (tertiary/aromatic N) is 1. The summed E-state index contributed by atoms with van der Waals surface area (Å²) in [5.74, 6) is 0.235. The Morgan fingerprint density at radius 3 is 2.81 bits per heavy atom. The number of likely N-dealkylation sites (tertiary alicyclic amines) is 1. The second-order valence-electron chi connectivity index (χ2n) is 4.26. The molecule has 1 N–H and O–H groups in total. The van der Waals surface area contributed by atoms with Crippen molar-refractivity contribution in [3.63, 3.8) is 0 Å². The summed E-state index contributed by atoms with van der Waals surface area (Å²) in [6.45, 7) is 1.14. The first-order chi connectivity index (χ1) is 7.75. The Morgan fingerprint density at radius 1 is 1.31 bits per heavy atom. The van der Waals surface area contributed by atoms with Gasteiger partial charge >= 0.3 is 0 Å². The van der Waals surface area contributed by atoms with Crippen molar-refractivity contribution in [3.8, 4) is 0 Å². The fourth-order valence-electron chi connectivity index (χ4n) is 2.03. The number of carbonyl (C=O) groups excluding carboxylic acids is 1. The van der Waals surface area contributed by atoms with E-state index in [0.29, 0.717) is 19.4 Å². The molecule has 1 unspecified atom stereocenters. The number of Topliss-reactive ketones (excluding diaryl/α,β-unsaturated/α-hetero) is 1. The third kappa shape index (κ3) is 2.90. The molecule has 0 saturated carbocycles. The van der Waals surface area contributed by atoms with Gasteiger partial charge in [-0.3, -0.25) is 9.69 Å². The van der Waals surface area contributed by atoms with Gasteiger partial charge in [0.2, 0.25) is 0 Å². The van der Waals surface area contributed by atoms with E-state index in [9.17, 15) is 9.90 Å². The van der Waals surface area contributed by atoms with Crippen LogP contribution in [0.5, 0.6) is 0 Å². The number of rotatable bonds is 3. The van der Waals surface area contributed by atoms with E-state index in [-0.39, 0.29) is 5.78 Å². The van der Waals surface area contributed by atoms with E-state index in [2.05, 4.69) is 12.1 Å². The van der Waals surface area contributed by atoms with E-state index in [1.165, 1.54) is 5.56 Å². The van der Waals surface area contributed by atoms with Gasteiger partial charge in [0.05, 0.1) is 6.54 Å². The highest BCUT2D eigenvalue weighted by molar-refractivity contribution is 5.81. The molecule has 2 rings (SSSR count). The monoisotopic (exact) mass is 219 g/mol. The highest BCUT2D eigenvalue weighted by Gasteiger charge is 2.24. The highest BCUT2D eigenvalue weighted by Crippen LogP contribution is 2.13. The van der Waals surface area contributed by atoms with Gasteiger partial charge in [0, 0.05) is 13.0 Å². The average molecular weight is 219 g/mol. The summed E-state index contributed by atoms with van der Waals surface area (Å²) in [5.41, 5.74) is 1.24. The number of piperidine rings is 1. The van der Waals surface area contributed by atoms with E-state index in [0.717, 1.165) is 13.0 Å². The molecule has 0 aromatic heterocycles. The summed E-state index contributed by atoms with van der Waals surface area (Å²) in [6.07, 6.45) is 1.53. The Morgan fingerprint density at radius 2 is 2.06 bits per heavy atom. The lowest BCUT2D eigenvalue weighted by Crippen LogP contribution is -2.44. The summed E-state index contributed by atoms with van der Waals surface area (Å²) in [5, 5.41) is 9.74. The highest BCUT2D eigenvalue weighted by atomic mass is 16.3. The standard InChI is InChI=1S/C13H17NO2/c15-12-6-7-13(16)14(10-12)9-8-11-4-2-1-3-5-11/h1-5,13,16H,6-10H2. The van der Waals surface area contributed by atoms with Crippen molar-refractivity contribution >= 4 is 5.78 Å². The normalized spacial score (nSPS) is 22.3. The zero-order valence-corrected chi connectivity index (χ0v) is 9.30. The molecule has 3 heteroatoms. The Bertz CT molecular complexity index is 350. The van der Waals surface area contributed by atoms with Crippen LogP contribution in [-0.4, -0.2) is 35.1 Å². The molecular weight excluding hydrogens is 202 g/mol. The molecule has 86 valence electrons. The van der Waals surface area contributed by atoms with Crippen LogP contribution in [0.4, 0.5) is 0 Å². The number of carbonyl (C=O) groups is 1. The third-order valence-corrected chi connectivity index (χ3v) is 3.01. The van der Waals surface area contributed by atoms with Gasteiger partial charge in [-0.15, -0.1) is 0 Å². The molecule has 0 spiro atoms. The van der Waals surface area contributed by atoms with E-state index in [1.54, 1.807) is 0 Å². The lowest BCUT2D eigenvalue weighted by atomic mass is 10.1. The molecule has 1 saturated heterocycles. The first kappa shape index (κ1) is 11.3. The van der Waals surface area contributed by atoms with Crippen molar-refractivity contribution in [1.29, 1.82) is 0 Å². The van der Waals surface area contributed by atoms with E-state index < -0.39 is 6.23 Å². The number of aliphatic hydroxyl groups is 1. The maximum Gasteiger partial charge on any atom is 0.147 e. The largest absolute Gasteiger partial charge is 0.378 e.